The summed E-state index contributed by atoms with van der Waals surface area (Å²) in [7, 11) is -1.76. The molecule has 3 N–H and O–H groups in total. The van der Waals surface area contributed by atoms with Crippen molar-refractivity contribution in [2.75, 3.05) is 59.5 Å². The first-order valence-electron chi connectivity index (χ1n) is 6.27. The number of β-amino-alcohol motifs (C(OH)–C–C–N with tert-alkyl or cyclic N) is 1. The molecule has 1 aliphatic rings. The van der Waals surface area contributed by atoms with Gasteiger partial charge in [0.2, 0.25) is 0 Å². The summed E-state index contributed by atoms with van der Waals surface area (Å²) >= 11 is 0. The minimum absolute atomic E-state index is 0.114. The maximum absolute atomic E-state index is 12.2. The standard InChI is InChI=1S/C10H24N4O3S/c1-12(4-2-3-11)18(16,17)14-7-5-13(6-8-14)9-10-15/h15H,2-11H2,1H3. The molecule has 1 saturated heterocycles. The van der Waals surface area contributed by atoms with Gasteiger partial charge in [0.1, 0.15) is 0 Å². The van der Waals surface area contributed by atoms with Crippen LogP contribution < -0.4 is 5.73 Å². The van der Waals surface area contributed by atoms with Crippen molar-refractivity contribution in [1.82, 2.24) is 13.5 Å². The second-order valence-electron chi connectivity index (χ2n) is 4.44. The molecule has 0 bridgehead atoms. The molecule has 18 heavy (non-hydrogen) atoms. The molecule has 7 nitrogen and oxygen atoms in total. The van der Waals surface area contributed by atoms with E-state index in [0.717, 1.165) is 0 Å². The summed E-state index contributed by atoms with van der Waals surface area (Å²) in [5.41, 5.74) is 5.38. The normalized spacial score (nSPS) is 19.6. The molecular formula is C10H24N4O3S. The molecular weight excluding hydrogens is 256 g/mol. The molecule has 0 spiro atoms. The topological polar surface area (TPSA) is 90.1 Å². The van der Waals surface area contributed by atoms with E-state index >= 15 is 0 Å². The van der Waals surface area contributed by atoms with Gasteiger partial charge in [0.15, 0.2) is 0 Å². The van der Waals surface area contributed by atoms with E-state index in [-0.39, 0.29) is 6.61 Å². The lowest BCUT2D eigenvalue weighted by Crippen LogP contribution is -2.52. The van der Waals surface area contributed by atoms with Gasteiger partial charge < -0.3 is 10.8 Å². The zero-order valence-corrected chi connectivity index (χ0v) is 11.8. The monoisotopic (exact) mass is 280 g/mol. The predicted octanol–water partition coefficient (Wildman–Crippen LogP) is -1.88. The van der Waals surface area contributed by atoms with Crippen LogP contribution in [0, 0.1) is 0 Å². The van der Waals surface area contributed by atoms with Crippen molar-refractivity contribution >= 4 is 10.2 Å². The van der Waals surface area contributed by atoms with E-state index in [0.29, 0.717) is 52.2 Å². The van der Waals surface area contributed by atoms with E-state index < -0.39 is 10.2 Å². The fraction of sp³-hybridized carbons (Fsp3) is 1.00. The number of nitrogens with zero attached hydrogens (tertiary/aromatic N) is 3. The van der Waals surface area contributed by atoms with Crippen LogP contribution in [0.15, 0.2) is 0 Å². The van der Waals surface area contributed by atoms with Crippen LogP contribution in [0.1, 0.15) is 6.42 Å². The predicted molar refractivity (Wildman–Crippen MR) is 70.3 cm³/mol. The third kappa shape index (κ3) is 4.15. The van der Waals surface area contributed by atoms with Crippen LogP contribution in [-0.2, 0) is 10.2 Å². The Morgan fingerprint density at radius 2 is 1.89 bits per heavy atom. The second kappa shape index (κ2) is 7.37. The number of piperazine rings is 1. The van der Waals surface area contributed by atoms with Crippen molar-refractivity contribution in [2.45, 2.75) is 6.42 Å². The average Bonchev–Trinajstić information content (AvgIpc) is 2.37. The molecule has 0 amide bonds. The van der Waals surface area contributed by atoms with Crippen LogP contribution >= 0.6 is 0 Å². The Balaban J connectivity index is 2.49. The van der Waals surface area contributed by atoms with E-state index in [2.05, 4.69) is 4.90 Å². The van der Waals surface area contributed by atoms with Gasteiger partial charge in [0, 0.05) is 46.3 Å². The molecule has 0 aromatic rings. The quantitative estimate of drug-likeness (QED) is 0.570. The number of rotatable bonds is 7. The van der Waals surface area contributed by atoms with Gasteiger partial charge in [-0.25, -0.2) is 0 Å². The molecule has 0 aromatic carbocycles. The van der Waals surface area contributed by atoms with Crippen molar-refractivity contribution in [3.63, 3.8) is 0 Å². The highest BCUT2D eigenvalue weighted by Crippen LogP contribution is 2.10. The first-order valence-corrected chi connectivity index (χ1v) is 7.66. The van der Waals surface area contributed by atoms with Gasteiger partial charge >= 0.3 is 0 Å². The number of hydrogen-bond acceptors (Lipinski definition) is 5. The molecule has 1 rings (SSSR count). The van der Waals surface area contributed by atoms with E-state index in [4.69, 9.17) is 10.8 Å². The van der Waals surface area contributed by atoms with E-state index in [1.807, 2.05) is 0 Å². The summed E-state index contributed by atoms with van der Waals surface area (Å²) in [5.74, 6) is 0. The molecule has 0 atom stereocenters. The molecule has 1 heterocycles. The number of aliphatic hydroxyl groups excluding tert-OH is 1. The molecule has 0 aromatic heterocycles. The van der Waals surface area contributed by atoms with Gasteiger partial charge in [-0.3, -0.25) is 4.90 Å². The first kappa shape index (κ1) is 15.8. The van der Waals surface area contributed by atoms with E-state index in [9.17, 15) is 8.42 Å². The Bertz CT molecular complexity index is 328. The van der Waals surface area contributed by atoms with E-state index in [1.54, 1.807) is 7.05 Å². The summed E-state index contributed by atoms with van der Waals surface area (Å²) in [6.07, 6.45) is 0.667. The summed E-state index contributed by atoms with van der Waals surface area (Å²) in [4.78, 5) is 2.06. The molecule has 0 unspecified atom stereocenters. The van der Waals surface area contributed by atoms with Gasteiger partial charge in [0.05, 0.1) is 6.61 Å². The number of hydrogen-bond donors (Lipinski definition) is 2. The fourth-order valence-corrected chi connectivity index (χ4v) is 3.33. The molecule has 0 radical (unpaired) electrons. The Morgan fingerprint density at radius 1 is 1.28 bits per heavy atom. The van der Waals surface area contributed by atoms with Crippen molar-refractivity contribution in [3.8, 4) is 0 Å². The molecule has 0 aliphatic carbocycles. The number of aliphatic hydroxyl groups is 1. The van der Waals surface area contributed by atoms with Gasteiger partial charge in [-0.2, -0.15) is 17.0 Å². The maximum Gasteiger partial charge on any atom is 0.281 e. The van der Waals surface area contributed by atoms with Crippen molar-refractivity contribution < 1.29 is 13.5 Å². The summed E-state index contributed by atoms with van der Waals surface area (Å²) in [6.45, 7) is 3.97. The number of nitrogens with two attached hydrogens (primary N) is 1. The van der Waals surface area contributed by atoms with Crippen molar-refractivity contribution in [1.29, 1.82) is 0 Å². The fourth-order valence-electron chi connectivity index (χ4n) is 1.95. The SMILES string of the molecule is CN(CCCN)S(=O)(=O)N1CCN(CCO)CC1. The van der Waals surface area contributed by atoms with Gasteiger partial charge in [-0.05, 0) is 13.0 Å². The minimum Gasteiger partial charge on any atom is -0.395 e. The molecule has 1 aliphatic heterocycles. The van der Waals surface area contributed by atoms with Gasteiger partial charge in [0.25, 0.3) is 10.2 Å². The third-order valence-electron chi connectivity index (χ3n) is 3.14. The Labute approximate surface area is 109 Å². The zero-order chi connectivity index (χ0) is 13.6. The van der Waals surface area contributed by atoms with Crippen molar-refractivity contribution in [3.05, 3.63) is 0 Å². The van der Waals surface area contributed by atoms with Crippen LogP contribution in [0.4, 0.5) is 0 Å². The van der Waals surface area contributed by atoms with Crippen LogP contribution in [0.2, 0.25) is 0 Å². The largest absolute Gasteiger partial charge is 0.395 e. The van der Waals surface area contributed by atoms with Gasteiger partial charge in [-0.15, -0.1) is 0 Å². The molecule has 0 saturated carbocycles. The minimum atomic E-state index is -3.35. The highest BCUT2D eigenvalue weighted by molar-refractivity contribution is 7.86. The highest BCUT2D eigenvalue weighted by atomic mass is 32.2. The lowest BCUT2D eigenvalue weighted by molar-refractivity contribution is 0.148. The lowest BCUT2D eigenvalue weighted by Gasteiger charge is -2.35. The second-order valence-corrected chi connectivity index (χ2v) is 6.47. The van der Waals surface area contributed by atoms with Crippen LogP contribution in [0.25, 0.3) is 0 Å². The van der Waals surface area contributed by atoms with Crippen molar-refractivity contribution in [2.24, 2.45) is 5.73 Å². The average molecular weight is 280 g/mol. The lowest BCUT2D eigenvalue weighted by atomic mass is 10.4. The van der Waals surface area contributed by atoms with Crippen LogP contribution in [0.3, 0.4) is 0 Å². The molecule has 108 valence electrons. The Kier molecular flexibility index (Phi) is 6.47. The Hall–Kier alpha value is -0.250. The summed E-state index contributed by atoms with van der Waals surface area (Å²) in [5, 5.41) is 8.84. The zero-order valence-electron chi connectivity index (χ0n) is 11.0. The maximum atomic E-state index is 12.2. The molecule has 8 heteroatoms. The Morgan fingerprint density at radius 3 is 2.39 bits per heavy atom. The van der Waals surface area contributed by atoms with E-state index in [1.165, 1.54) is 8.61 Å². The first-order chi connectivity index (χ1) is 8.52. The summed E-state index contributed by atoms with van der Waals surface area (Å²) in [6, 6.07) is 0. The molecule has 1 fully saturated rings. The smallest absolute Gasteiger partial charge is 0.281 e. The third-order valence-corrected chi connectivity index (χ3v) is 5.13. The van der Waals surface area contributed by atoms with Crippen LogP contribution in [0.5, 0.6) is 0 Å². The highest BCUT2D eigenvalue weighted by Gasteiger charge is 2.29. The van der Waals surface area contributed by atoms with Gasteiger partial charge in [-0.1, -0.05) is 0 Å². The summed E-state index contributed by atoms with van der Waals surface area (Å²) < 4.78 is 27.3. The van der Waals surface area contributed by atoms with Crippen LogP contribution in [-0.4, -0.2) is 86.5 Å².